The van der Waals surface area contributed by atoms with Crippen molar-refractivity contribution < 1.29 is 22.6 Å². The van der Waals surface area contributed by atoms with E-state index in [9.17, 15) is 13.2 Å². The molecule has 3 aliphatic rings. The van der Waals surface area contributed by atoms with Crippen LogP contribution in [0.3, 0.4) is 0 Å². The lowest BCUT2D eigenvalue weighted by atomic mass is 10.1. The topological polar surface area (TPSA) is 37.0 Å². The highest BCUT2D eigenvalue weighted by Gasteiger charge is 2.46. The van der Waals surface area contributed by atoms with Gasteiger partial charge in [-0.2, -0.15) is 13.2 Å². The minimum atomic E-state index is -4.35. The van der Waals surface area contributed by atoms with Gasteiger partial charge in [-0.1, -0.05) is 6.58 Å². The number of allylic oxidation sites excluding steroid dienone is 2. The predicted octanol–water partition coefficient (Wildman–Crippen LogP) is 1.81. The molecule has 0 amide bonds. The number of nitrogens with zero attached hydrogens (tertiary/aromatic N) is 2. The summed E-state index contributed by atoms with van der Waals surface area (Å²) in [4.78, 5) is 3.46. The molecule has 8 heteroatoms. The van der Waals surface area contributed by atoms with Crippen LogP contribution in [-0.4, -0.2) is 67.6 Å². The van der Waals surface area contributed by atoms with E-state index in [0.29, 0.717) is 31.3 Å². The van der Waals surface area contributed by atoms with Crippen LogP contribution in [-0.2, 0) is 9.47 Å². The van der Waals surface area contributed by atoms with Crippen molar-refractivity contribution in [2.45, 2.75) is 25.2 Å². The molecule has 0 spiro atoms. The molecule has 5 nitrogen and oxygen atoms in total. The van der Waals surface area contributed by atoms with E-state index in [1.807, 2.05) is 13.0 Å². The molecule has 2 unspecified atom stereocenters. The first-order valence-corrected chi connectivity index (χ1v) is 8.01. The first-order chi connectivity index (χ1) is 11.4. The van der Waals surface area contributed by atoms with Crippen molar-refractivity contribution in [2.24, 2.45) is 0 Å². The Hall–Kier alpha value is -1.67. The molecule has 0 aromatic carbocycles. The Kier molecular flexibility index (Phi) is 4.78. The Morgan fingerprint density at radius 3 is 2.46 bits per heavy atom. The molecule has 2 atom stereocenters. The van der Waals surface area contributed by atoms with E-state index in [2.05, 4.69) is 16.8 Å². The monoisotopic (exact) mass is 345 g/mol. The Balaban J connectivity index is 1.86. The van der Waals surface area contributed by atoms with E-state index < -0.39 is 12.2 Å². The highest BCUT2D eigenvalue weighted by molar-refractivity contribution is 5.37. The molecule has 24 heavy (non-hydrogen) atoms. The fourth-order valence-electron chi connectivity index (χ4n) is 3.19. The van der Waals surface area contributed by atoms with Gasteiger partial charge >= 0.3 is 6.18 Å². The summed E-state index contributed by atoms with van der Waals surface area (Å²) in [6.45, 7) is 7.93. The van der Waals surface area contributed by atoms with Crippen molar-refractivity contribution in [2.75, 3.05) is 39.5 Å². The summed E-state index contributed by atoms with van der Waals surface area (Å²) in [5.41, 5.74) is 1.44. The van der Waals surface area contributed by atoms with Crippen molar-refractivity contribution in [1.82, 2.24) is 15.1 Å². The van der Waals surface area contributed by atoms with E-state index in [-0.39, 0.29) is 25.8 Å². The summed E-state index contributed by atoms with van der Waals surface area (Å²) in [5, 5.41) is 2.97. The normalized spacial score (nSPS) is 29.1. The summed E-state index contributed by atoms with van der Waals surface area (Å²) < 4.78 is 50.4. The van der Waals surface area contributed by atoms with Gasteiger partial charge in [0, 0.05) is 36.6 Å². The molecule has 0 aliphatic carbocycles. The minimum absolute atomic E-state index is 0.163. The molecule has 0 saturated carbocycles. The molecule has 0 bridgehead atoms. The third kappa shape index (κ3) is 3.54. The fraction of sp³-hybridized carbons (Fsp3) is 0.625. The predicted molar refractivity (Wildman–Crippen MR) is 82.8 cm³/mol. The highest BCUT2D eigenvalue weighted by Crippen LogP contribution is 2.31. The average Bonchev–Trinajstić information content (AvgIpc) is 2.54. The third-order valence-corrected chi connectivity index (χ3v) is 4.41. The summed E-state index contributed by atoms with van der Waals surface area (Å²) in [6.07, 6.45) is -0.729. The molecule has 3 aliphatic heterocycles. The molecular formula is C16H22F3N3O2. The molecule has 0 aromatic heterocycles. The zero-order valence-electron chi connectivity index (χ0n) is 13.6. The van der Waals surface area contributed by atoms with Crippen molar-refractivity contribution in [3.63, 3.8) is 0 Å². The fourth-order valence-corrected chi connectivity index (χ4v) is 3.19. The van der Waals surface area contributed by atoms with E-state index in [0.717, 1.165) is 5.70 Å². The second-order valence-corrected chi connectivity index (χ2v) is 6.19. The lowest BCUT2D eigenvalue weighted by Crippen LogP contribution is -2.55. The number of morpholine rings is 2. The van der Waals surface area contributed by atoms with E-state index in [4.69, 9.17) is 9.47 Å². The van der Waals surface area contributed by atoms with Gasteiger partial charge in [0.1, 0.15) is 11.9 Å². The van der Waals surface area contributed by atoms with Crippen LogP contribution in [0.25, 0.3) is 0 Å². The second-order valence-electron chi connectivity index (χ2n) is 6.19. The molecule has 2 fully saturated rings. The Morgan fingerprint density at radius 1 is 1.12 bits per heavy atom. The first-order valence-electron chi connectivity index (χ1n) is 8.01. The maximum atomic E-state index is 13.3. The molecule has 0 radical (unpaired) electrons. The van der Waals surface area contributed by atoms with Gasteiger partial charge < -0.3 is 24.6 Å². The number of hydrogen-bond acceptors (Lipinski definition) is 5. The summed E-state index contributed by atoms with van der Waals surface area (Å²) in [7, 11) is 0. The molecular weight excluding hydrogens is 323 g/mol. The lowest BCUT2D eigenvalue weighted by molar-refractivity contribution is -0.206. The SMILES string of the molecule is C=C1C=C(N2CCOCC2C)C=C(N2CCOCC2C(F)(F)F)N1. The van der Waals surface area contributed by atoms with Crippen LogP contribution < -0.4 is 5.32 Å². The molecule has 3 heterocycles. The Morgan fingerprint density at radius 2 is 1.79 bits per heavy atom. The highest BCUT2D eigenvalue weighted by atomic mass is 19.4. The number of alkyl halides is 3. The Labute approximate surface area is 139 Å². The number of nitrogens with one attached hydrogen (secondary N) is 1. The maximum absolute atomic E-state index is 13.3. The maximum Gasteiger partial charge on any atom is 0.411 e. The molecule has 3 rings (SSSR count). The van der Waals surface area contributed by atoms with Crippen molar-refractivity contribution >= 4 is 0 Å². The lowest BCUT2D eigenvalue weighted by Gasteiger charge is -2.42. The molecule has 0 aromatic rings. The van der Waals surface area contributed by atoms with E-state index in [1.54, 1.807) is 6.08 Å². The number of halogens is 3. The van der Waals surface area contributed by atoms with Crippen molar-refractivity contribution in [3.8, 4) is 0 Å². The van der Waals surface area contributed by atoms with Crippen molar-refractivity contribution in [1.29, 1.82) is 0 Å². The van der Waals surface area contributed by atoms with Gasteiger partial charge in [0.25, 0.3) is 0 Å². The van der Waals surface area contributed by atoms with E-state index >= 15 is 0 Å². The summed E-state index contributed by atoms with van der Waals surface area (Å²) >= 11 is 0. The first kappa shape index (κ1) is 17.2. The molecule has 2 saturated heterocycles. The van der Waals surface area contributed by atoms with Gasteiger partial charge in [-0.25, -0.2) is 0 Å². The van der Waals surface area contributed by atoms with Gasteiger partial charge in [-0.15, -0.1) is 0 Å². The van der Waals surface area contributed by atoms with Crippen LogP contribution in [0.5, 0.6) is 0 Å². The summed E-state index contributed by atoms with van der Waals surface area (Å²) in [5.74, 6) is 0.418. The smallest absolute Gasteiger partial charge is 0.377 e. The van der Waals surface area contributed by atoms with Crippen LogP contribution in [0.1, 0.15) is 6.92 Å². The van der Waals surface area contributed by atoms with Crippen LogP contribution in [0.2, 0.25) is 0 Å². The number of rotatable bonds is 2. The van der Waals surface area contributed by atoms with Crippen LogP contribution >= 0.6 is 0 Å². The van der Waals surface area contributed by atoms with Crippen LogP contribution in [0, 0.1) is 0 Å². The van der Waals surface area contributed by atoms with Gasteiger partial charge in [0.05, 0.1) is 26.4 Å². The van der Waals surface area contributed by atoms with Gasteiger partial charge in [0.2, 0.25) is 0 Å². The molecule has 1 N–H and O–H groups in total. The zero-order valence-corrected chi connectivity index (χ0v) is 13.6. The average molecular weight is 345 g/mol. The van der Waals surface area contributed by atoms with Crippen LogP contribution in [0.15, 0.2) is 35.9 Å². The van der Waals surface area contributed by atoms with Gasteiger partial charge in [0.15, 0.2) is 0 Å². The quantitative estimate of drug-likeness (QED) is 0.826. The Bertz CT molecular complexity index is 559. The number of ether oxygens (including phenoxy) is 2. The van der Waals surface area contributed by atoms with Gasteiger partial charge in [-0.3, -0.25) is 0 Å². The van der Waals surface area contributed by atoms with Crippen LogP contribution in [0.4, 0.5) is 13.2 Å². The molecule has 134 valence electrons. The third-order valence-electron chi connectivity index (χ3n) is 4.41. The zero-order chi connectivity index (χ0) is 17.3. The van der Waals surface area contributed by atoms with Crippen molar-refractivity contribution in [3.05, 3.63) is 35.9 Å². The minimum Gasteiger partial charge on any atom is -0.377 e. The van der Waals surface area contributed by atoms with Gasteiger partial charge in [-0.05, 0) is 13.0 Å². The second kappa shape index (κ2) is 6.68. The van der Waals surface area contributed by atoms with E-state index in [1.165, 1.54) is 4.90 Å². The number of dihydropyridines is 1. The largest absolute Gasteiger partial charge is 0.411 e. The standard InChI is InChI=1S/C16H22F3N3O2/c1-11-7-13(21-3-5-23-9-12(21)2)8-15(20-11)22-4-6-24-10-14(22)16(17,18)19/h7-8,12,14,20H,1,3-6,9-10H2,2H3. The number of hydrogen-bond donors (Lipinski definition) is 1. The summed E-state index contributed by atoms with van der Waals surface area (Å²) in [6, 6.07) is -1.49.